The predicted molar refractivity (Wildman–Crippen MR) is 78.0 cm³/mol. The summed E-state index contributed by atoms with van der Waals surface area (Å²) in [4.78, 5) is 22.5. The summed E-state index contributed by atoms with van der Waals surface area (Å²) in [5.74, 6) is 0.464. The van der Waals surface area contributed by atoms with Crippen molar-refractivity contribution in [2.45, 2.75) is 13.8 Å². The Hall–Kier alpha value is -2.07. The molecule has 0 saturated carbocycles. The molecule has 20 heavy (non-hydrogen) atoms. The monoisotopic (exact) mass is 291 g/mol. The van der Waals surface area contributed by atoms with E-state index in [1.54, 1.807) is 30.3 Å². The molecule has 104 valence electrons. The van der Waals surface area contributed by atoms with Crippen LogP contribution >= 0.6 is 11.6 Å². The average molecular weight is 292 g/mol. The molecule has 0 aliphatic carbocycles. The fourth-order valence-corrected chi connectivity index (χ4v) is 1.84. The summed E-state index contributed by atoms with van der Waals surface area (Å²) >= 11 is 5.98. The Morgan fingerprint density at radius 3 is 2.65 bits per heavy atom. The van der Waals surface area contributed by atoms with E-state index in [1.165, 1.54) is 0 Å². The number of amides is 1. The van der Waals surface area contributed by atoms with Crippen molar-refractivity contribution in [3.63, 3.8) is 0 Å². The molecule has 1 N–H and O–H groups in total. The minimum Gasteiger partial charge on any atom is -0.453 e. The van der Waals surface area contributed by atoms with E-state index < -0.39 is 0 Å². The van der Waals surface area contributed by atoms with Gasteiger partial charge >= 0.3 is 0 Å². The van der Waals surface area contributed by atoms with Crippen molar-refractivity contribution < 1.29 is 14.0 Å². The largest absolute Gasteiger partial charge is 0.453 e. The van der Waals surface area contributed by atoms with Crippen molar-refractivity contribution in [1.82, 2.24) is 0 Å². The lowest BCUT2D eigenvalue weighted by Gasteiger charge is -2.11. The van der Waals surface area contributed by atoms with Crippen LogP contribution in [0.4, 0.5) is 5.69 Å². The second-order valence-electron chi connectivity index (χ2n) is 4.65. The van der Waals surface area contributed by atoms with Gasteiger partial charge in [0.1, 0.15) is 5.76 Å². The molecule has 1 amide bonds. The number of aldehydes is 1. The van der Waals surface area contributed by atoms with Crippen LogP contribution in [0.2, 0.25) is 5.02 Å². The van der Waals surface area contributed by atoms with Crippen LogP contribution in [-0.4, -0.2) is 12.2 Å². The number of hydrogen-bond donors (Lipinski definition) is 1. The lowest BCUT2D eigenvalue weighted by molar-refractivity contribution is -0.118. The minimum absolute atomic E-state index is 0.101. The van der Waals surface area contributed by atoms with E-state index in [0.29, 0.717) is 28.3 Å². The van der Waals surface area contributed by atoms with Gasteiger partial charge in [-0.25, -0.2) is 0 Å². The summed E-state index contributed by atoms with van der Waals surface area (Å²) in [6.45, 7) is 3.62. The lowest BCUT2D eigenvalue weighted by Crippen LogP contribution is -2.18. The molecule has 0 aliphatic heterocycles. The number of carbonyl (C=O) groups excluding carboxylic acids is 2. The summed E-state index contributed by atoms with van der Waals surface area (Å²) in [5.41, 5.74) is 1.24. The Labute approximate surface area is 121 Å². The van der Waals surface area contributed by atoms with E-state index in [0.717, 1.165) is 0 Å². The molecule has 4 nitrogen and oxygen atoms in total. The average Bonchev–Trinajstić information content (AvgIpc) is 2.89. The molecule has 5 heteroatoms. The Balaban J connectivity index is 2.42. The van der Waals surface area contributed by atoms with E-state index in [1.807, 2.05) is 13.8 Å². The number of rotatable bonds is 4. The Morgan fingerprint density at radius 1 is 1.30 bits per heavy atom. The molecule has 2 rings (SSSR count). The third-order valence-corrected chi connectivity index (χ3v) is 3.01. The zero-order chi connectivity index (χ0) is 14.7. The number of hydrogen-bond acceptors (Lipinski definition) is 3. The standard InChI is InChI=1S/C15H14ClNO3/c1-9(2)15(19)17-13-5-3-10(16)7-12(13)14-6-4-11(8-18)20-14/h3-9H,1-2H3,(H,17,19). The molecule has 1 aromatic carbocycles. The Morgan fingerprint density at radius 2 is 2.05 bits per heavy atom. The predicted octanol–water partition coefficient (Wildman–Crippen LogP) is 4.01. The van der Waals surface area contributed by atoms with Crippen LogP contribution in [0.5, 0.6) is 0 Å². The first-order valence-corrected chi connectivity index (χ1v) is 6.55. The van der Waals surface area contributed by atoms with E-state index in [9.17, 15) is 9.59 Å². The first-order chi connectivity index (χ1) is 9.51. The van der Waals surface area contributed by atoms with E-state index in [2.05, 4.69) is 5.32 Å². The van der Waals surface area contributed by atoms with Gasteiger partial charge in [0.25, 0.3) is 0 Å². The number of carbonyl (C=O) groups is 2. The first kappa shape index (κ1) is 14.3. The third-order valence-electron chi connectivity index (χ3n) is 2.77. The van der Waals surface area contributed by atoms with Gasteiger partial charge in [-0.15, -0.1) is 0 Å². The van der Waals surface area contributed by atoms with Crippen molar-refractivity contribution in [1.29, 1.82) is 0 Å². The maximum Gasteiger partial charge on any atom is 0.226 e. The highest BCUT2D eigenvalue weighted by Crippen LogP contribution is 2.32. The van der Waals surface area contributed by atoms with E-state index >= 15 is 0 Å². The van der Waals surface area contributed by atoms with Gasteiger partial charge in [0, 0.05) is 16.5 Å². The van der Waals surface area contributed by atoms with E-state index in [4.69, 9.17) is 16.0 Å². The van der Waals surface area contributed by atoms with Gasteiger partial charge in [0.05, 0.1) is 5.69 Å². The van der Waals surface area contributed by atoms with Crippen molar-refractivity contribution in [2.24, 2.45) is 5.92 Å². The Kier molecular flexibility index (Phi) is 4.25. The molecule has 0 bridgehead atoms. The SMILES string of the molecule is CC(C)C(=O)Nc1ccc(Cl)cc1-c1ccc(C=O)o1. The summed E-state index contributed by atoms with van der Waals surface area (Å²) in [5, 5.41) is 3.34. The fourth-order valence-electron chi connectivity index (χ4n) is 1.67. The zero-order valence-electron chi connectivity index (χ0n) is 11.1. The van der Waals surface area contributed by atoms with Crippen LogP contribution in [-0.2, 0) is 4.79 Å². The number of benzene rings is 1. The topological polar surface area (TPSA) is 59.3 Å². The van der Waals surface area contributed by atoms with Crippen LogP contribution in [0, 0.1) is 5.92 Å². The number of anilines is 1. The van der Waals surface area contributed by atoms with Gasteiger partial charge in [0.15, 0.2) is 12.0 Å². The van der Waals surface area contributed by atoms with Crippen LogP contribution < -0.4 is 5.32 Å². The van der Waals surface area contributed by atoms with Gasteiger partial charge < -0.3 is 9.73 Å². The summed E-state index contributed by atoms with van der Waals surface area (Å²) < 4.78 is 5.38. The zero-order valence-corrected chi connectivity index (χ0v) is 11.9. The van der Waals surface area contributed by atoms with Crippen molar-refractivity contribution in [3.05, 3.63) is 41.1 Å². The molecule has 0 unspecified atom stereocenters. The highest BCUT2D eigenvalue weighted by Gasteiger charge is 2.14. The third kappa shape index (κ3) is 3.08. The smallest absolute Gasteiger partial charge is 0.226 e. The van der Waals surface area contributed by atoms with Crippen LogP contribution in [0.15, 0.2) is 34.7 Å². The minimum atomic E-state index is -0.138. The molecule has 0 fully saturated rings. The van der Waals surface area contributed by atoms with Gasteiger partial charge in [0.2, 0.25) is 5.91 Å². The summed E-state index contributed by atoms with van der Waals surface area (Å²) in [6.07, 6.45) is 0.625. The van der Waals surface area contributed by atoms with Crippen LogP contribution in [0.1, 0.15) is 24.4 Å². The maximum absolute atomic E-state index is 11.8. The highest BCUT2D eigenvalue weighted by molar-refractivity contribution is 6.31. The first-order valence-electron chi connectivity index (χ1n) is 6.17. The molecule has 1 heterocycles. The number of furan rings is 1. The normalized spacial score (nSPS) is 10.6. The van der Waals surface area contributed by atoms with Gasteiger partial charge in [-0.1, -0.05) is 25.4 Å². The second-order valence-corrected chi connectivity index (χ2v) is 5.09. The maximum atomic E-state index is 11.8. The molecule has 0 saturated heterocycles. The van der Waals surface area contributed by atoms with Crippen molar-refractivity contribution in [2.75, 3.05) is 5.32 Å². The molecule has 2 aromatic rings. The molecule has 0 atom stereocenters. The quantitative estimate of drug-likeness (QED) is 0.866. The molecule has 0 aliphatic rings. The molecule has 0 radical (unpaired) electrons. The van der Waals surface area contributed by atoms with Crippen LogP contribution in [0.3, 0.4) is 0 Å². The lowest BCUT2D eigenvalue weighted by atomic mass is 10.1. The van der Waals surface area contributed by atoms with Crippen molar-refractivity contribution in [3.8, 4) is 11.3 Å². The summed E-state index contributed by atoms with van der Waals surface area (Å²) in [7, 11) is 0. The molecule has 0 spiro atoms. The van der Waals surface area contributed by atoms with Gasteiger partial charge in [-0.05, 0) is 30.3 Å². The number of halogens is 1. The Bertz CT molecular complexity index is 646. The molecular formula is C15H14ClNO3. The molecule has 1 aromatic heterocycles. The molecular weight excluding hydrogens is 278 g/mol. The van der Waals surface area contributed by atoms with Gasteiger partial charge in [-0.2, -0.15) is 0 Å². The van der Waals surface area contributed by atoms with E-state index in [-0.39, 0.29) is 17.6 Å². The van der Waals surface area contributed by atoms with Crippen LogP contribution in [0.25, 0.3) is 11.3 Å². The second kappa shape index (κ2) is 5.92. The highest BCUT2D eigenvalue weighted by atomic mass is 35.5. The fraction of sp³-hybridized carbons (Fsp3) is 0.200. The van der Waals surface area contributed by atoms with Crippen molar-refractivity contribution >= 4 is 29.5 Å². The van der Waals surface area contributed by atoms with Gasteiger partial charge in [-0.3, -0.25) is 9.59 Å². The number of nitrogens with one attached hydrogen (secondary N) is 1. The summed E-state index contributed by atoms with van der Waals surface area (Å²) in [6, 6.07) is 8.31.